The monoisotopic (exact) mass is 256 g/mol. The van der Waals surface area contributed by atoms with Gasteiger partial charge in [0.25, 0.3) is 0 Å². The van der Waals surface area contributed by atoms with Gasteiger partial charge in [0.1, 0.15) is 6.04 Å². The largest absolute Gasteiger partial charge is 0.468 e. The van der Waals surface area contributed by atoms with Gasteiger partial charge in [0.15, 0.2) is 0 Å². The molecule has 1 aliphatic carbocycles. The second-order valence-corrected chi connectivity index (χ2v) is 5.57. The normalized spacial score (nSPS) is 17.2. The third-order valence-corrected chi connectivity index (χ3v) is 3.73. The Kier molecular flexibility index (Phi) is 6.65. The number of nitrogens with one attached hydrogen (secondary N) is 1. The van der Waals surface area contributed by atoms with Gasteiger partial charge in [-0.2, -0.15) is 0 Å². The van der Waals surface area contributed by atoms with Gasteiger partial charge in [0, 0.05) is 6.04 Å². The van der Waals surface area contributed by atoms with Crippen molar-refractivity contribution in [2.75, 3.05) is 27.2 Å². The molecule has 4 heteroatoms. The number of esters is 1. The number of hydrogen-bond acceptors (Lipinski definition) is 4. The van der Waals surface area contributed by atoms with E-state index in [1.165, 1.54) is 13.5 Å². The second-order valence-electron chi connectivity index (χ2n) is 5.57. The Balaban J connectivity index is 2.10. The number of carbonyl (C=O) groups excluding carboxylic acids is 1. The standard InChI is InChI=1S/C14H28N2O2/c1-11(2)16(3)10-6-5-9-15-13(12-7-8-12)14(17)18-4/h11-13,15H,5-10H2,1-4H3. The molecule has 0 aliphatic heterocycles. The van der Waals surface area contributed by atoms with Crippen molar-refractivity contribution in [3.8, 4) is 0 Å². The van der Waals surface area contributed by atoms with Crippen LogP contribution in [0.4, 0.5) is 0 Å². The maximum Gasteiger partial charge on any atom is 0.323 e. The Labute approximate surface area is 111 Å². The Morgan fingerprint density at radius 2 is 2.06 bits per heavy atom. The van der Waals surface area contributed by atoms with Gasteiger partial charge in [-0.25, -0.2) is 0 Å². The summed E-state index contributed by atoms with van der Waals surface area (Å²) in [6.45, 7) is 6.44. The van der Waals surface area contributed by atoms with E-state index in [-0.39, 0.29) is 12.0 Å². The van der Waals surface area contributed by atoms with Crippen molar-refractivity contribution in [2.45, 2.75) is 51.6 Å². The first-order valence-electron chi connectivity index (χ1n) is 7.07. The van der Waals surface area contributed by atoms with Crippen LogP contribution in [0.5, 0.6) is 0 Å². The number of methoxy groups -OCH3 is 1. The summed E-state index contributed by atoms with van der Waals surface area (Å²) in [6, 6.07) is 0.532. The van der Waals surface area contributed by atoms with Crippen LogP contribution in [-0.4, -0.2) is 50.2 Å². The molecule has 0 aromatic rings. The van der Waals surface area contributed by atoms with Crippen molar-refractivity contribution in [1.29, 1.82) is 0 Å². The Morgan fingerprint density at radius 1 is 1.39 bits per heavy atom. The molecule has 1 aliphatic rings. The lowest BCUT2D eigenvalue weighted by atomic mass is 10.1. The number of rotatable bonds is 9. The first kappa shape index (κ1) is 15.4. The lowest BCUT2D eigenvalue weighted by Crippen LogP contribution is -2.40. The van der Waals surface area contributed by atoms with Gasteiger partial charge >= 0.3 is 5.97 Å². The molecule has 1 rings (SSSR count). The molecule has 0 bridgehead atoms. The number of nitrogens with zero attached hydrogens (tertiary/aromatic N) is 1. The van der Waals surface area contributed by atoms with Crippen molar-refractivity contribution in [3.63, 3.8) is 0 Å². The molecule has 106 valence electrons. The third-order valence-electron chi connectivity index (χ3n) is 3.73. The summed E-state index contributed by atoms with van der Waals surface area (Å²) in [5, 5.41) is 3.34. The van der Waals surface area contributed by atoms with E-state index >= 15 is 0 Å². The molecule has 1 unspecified atom stereocenters. The quantitative estimate of drug-likeness (QED) is 0.503. The van der Waals surface area contributed by atoms with Gasteiger partial charge in [-0.05, 0) is 65.6 Å². The SMILES string of the molecule is COC(=O)C(NCCCCN(C)C(C)C)C1CC1. The molecule has 0 spiro atoms. The topological polar surface area (TPSA) is 41.6 Å². The zero-order valence-electron chi connectivity index (χ0n) is 12.2. The molecule has 0 saturated heterocycles. The fraction of sp³-hybridized carbons (Fsp3) is 0.929. The van der Waals surface area contributed by atoms with Crippen LogP contribution in [-0.2, 0) is 9.53 Å². The fourth-order valence-electron chi connectivity index (χ4n) is 2.00. The third kappa shape index (κ3) is 5.36. The highest BCUT2D eigenvalue weighted by Crippen LogP contribution is 2.33. The minimum absolute atomic E-state index is 0.0715. The second kappa shape index (κ2) is 7.74. The van der Waals surface area contributed by atoms with Crippen LogP contribution in [0, 0.1) is 5.92 Å². The number of carbonyl (C=O) groups is 1. The van der Waals surface area contributed by atoms with Crippen LogP contribution >= 0.6 is 0 Å². The summed E-state index contributed by atoms with van der Waals surface area (Å²) in [5.41, 5.74) is 0. The molecule has 1 atom stereocenters. The Morgan fingerprint density at radius 3 is 2.56 bits per heavy atom. The van der Waals surface area contributed by atoms with E-state index in [0.717, 1.165) is 32.4 Å². The predicted molar refractivity (Wildman–Crippen MR) is 73.5 cm³/mol. The van der Waals surface area contributed by atoms with Crippen LogP contribution in [0.3, 0.4) is 0 Å². The van der Waals surface area contributed by atoms with Gasteiger partial charge in [0.05, 0.1) is 7.11 Å². The molecular formula is C14H28N2O2. The summed E-state index contributed by atoms with van der Waals surface area (Å²) in [4.78, 5) is 13.9. The van der Waals surface area contributed by atoms with Gasteiger partial charge in [-0.1, -0.05) is 0 Å². The van der Waals surface area contributed by atoms with E-state index in [1.54, 1.807) is 0 Å². The molecule has 18 heavy (non-hydrogen) atoms. The molecule has 4 nitrogen and oxygen atoms in total. The van der Waals surface area contributed by atoms with Gasteiger partial charge in [0.2, 0.25) is 0 Å². The van der Waals surface area contributed by atoms with E-state index in [1.807, 2.05) is 0 Å². The van der Waals surface area contributed by atoms with Crippen LogP contribution in [0.2, 0.25) is 0 Å². The first-order valence-corrected chi connectivity index (χ1v) is 7.07. The maximum atomic E-state index is 11.6. The molecule has 1 fully saturated rings. The van der Waals surface area contributed by atoms with Crippen molar-refractivity contribution < 1.29 is 9.53 Å². The van der Waals surface area contributed by atoms with E-state index in [9.17, 15) is 4.79 Å². The molecule has 0 amide bonds. The Bertz CT molecular complexity index is 252. The van der Waals surface area contributed by atoms with E-state index < -0.39 is 0 Å². The summed E-state index contributed by atoms with van der Waals surface area (Å²) < 4.78 is 4.83. The molecule has 0 heterocycles. The molecule has 1 N–H and O–H groups in total. The number of ether oxygens (including phenoxy) is 1. The van der Waals surface area contributed by atoms with Crippen molar-refractivity contribution in [1.82, 2.24) is 10.2 Å². The van der Waals surface area contributed by atoms with E-state index in [2.05, 4.69) is 31.1 Å². The molecule has 1 saturated carbocycles. The van der Waals surface area contributed by atoms with E-state index in [0.29, 0.717) is 12.0 Å². The van der Waals surface area contributed by atoms with Crippen LogP contribution in [0.1, 0.15) is 39.5 Å². The molecule has 0 aromatic carbocycles. The van der Waals surface area contributed by atoms with Crippen molar-refractivity contribution in [3.05, 3.63) is 0 Å². The highest BCUT2D eigenvalue weighted by Gasteiger charge is 2.36. The highest BCUT2D eigenvalue weighted by atomic mass is 16.5. The van der Waals surface area contributed by atoms with Gasteiger partial charge in [-0.15, -0.1) is 0 Å². The van der Waals surface area contributed by atoms with Crippen LogP contribution in [0.25, 0.3) is 0 Å². The van der Waals surface area contributed by atoms with Gasteiger partial charge in [-0.3, -0.25) is 4.79 Å². The minimum Gasteiger partial charge on any atom is -0.468 e. The average molecular weight is 256 g/mol. The Hall–Kier alpha value is -0.610. The first-order chi connectivity index (χ1) is 8.56. The fourth-order valence-corrected chi connectivity index (χ4v) is 2.00. The highest BCUT2D eigenvalue weighted by molar-refractivity contribution is 5.76. The zero-order valence-corrected chi connectivity index (χ0v) is 12.2. The average Bonchev–Trinajstić information content (AvgIpc) is 3.16. The molecular weight excluding hydrogens is 228 g/mol. The minimum atomic E-state index is -0.100. The predicted octanol–water partition coefficient (Wildman–Crippen LogP) is 1.65. The molecule has 0 radical (unpaired) electrons. The summed E-state index contributed by atoms with van der Waals surface area (Å²) in [5.74, 6) is 0.410. The molecule has 0 aromatic heterocycles. The van der Waals surface area contributed by atoms with Crippen LogP contribution < -0.4 is 5.32 Å². The van der Waals surface area contributed by atoms with Crippen molar-refractivity contribution >= 4 is 5.97 Å². The van der Waals surface area contributed by atoms with Gasteiger partial charge < -0.3 is 15.0 Å². The number of unbranched alkanes of at least 4 members (excludes halogenated alkanes) is 1. The van der Waals surface area contributed by atoms with E-state index in [4.69, 9.17) is 4.74 Å². The summed E-state index contributed by atoms with van der Waals surface area (Å²) in [6.07, 6.45) is 4.59. The summed E-state index contributed by atoms with van der Waals surface area (Å²) >= 11 is 0. The lowest BCUT2D eigenvalue weighted by molar-refractivity contribution is -0.143. The smallest absolute Gasteiger partial charge is 0.323 e. The zero-order chi connectivity index (χ0) is 13.5. The summed E-state index contributed by atoms with van der Waals surface area (Å²) in [7, 11) is 3.62. The number of hydrogen-bond donors (Lipinski definition) is 1. The maximum absolute atomic E-state index is 11.6. The lowest BCUT2D eigenvalue weighted by Gasteiger charge is -2.21. The van der Waals surface area contributed by atoms with Crippen molar-refractivity contribution in [2.24, 2.45) is 5.92 Å². The van der Waals surface area contributed by atoms with Crippen LogP contribution in [0.15, 0.2) is 0 Å².